The third-order valence-electron chi connectivity index (χ3n) is 4.15. The number of hydrogen-bond acceptors (Lipinski definition) is 1. The van der Waals surface area contributed by atoms with E-state index in [1.807, 2.05) is 0 Å². The van der Waals surface area contributed by atoms with Gasteiger partial charge >= 0.3 is 128 Å². The van der Waals surface area contributed by atoms with E-state index in [9.17, 15) is 0 Å². The first-order valence-corrected chi connectivity index (χ1v) is 14.6. The van der Waals surface area contributed by atoms with E-state index in [1.54, 1.807) is 35.0 Å². The predicted molar refractivity (Wildman–Crippen MR) is 106 cm³/mol. The summed E-state index contributed by atoms with van der Waals surface area (Å²) in [5.74, 6) is -0.833. The molecule has 3 heteroatoms. The summed E-state index contributed by atoms with van der Waals surface area (Å²) in [5.41, 5.74) is 0. The van der Waals surface area contributed by atoms with Gasteiger partial charge in [-0.25, -0.2) is 0 Å². The van der Waals surface area contributed by atoms with Gasteiger partial charge in [0.1, 0.15) is 0 Å². The van der Waals surface area contributed by atoms with Crippen molar-refractivity contribution < 1.29 is 9.90 Å². The van der Waals surface area contributed by atoms with Crippen LogP contribution < -0.4 is 0 Å². The molecule has 0 aromatic carbocycles. The zero-order valence-electron chi connectivity index (χ0n) is 16.5. The molecule has 0 fully saturated rings. The molecule has 139 valence electrons. The Bertz CT molecular complexity index is 199. The number of carboxylic acids is 1. The van der Waals surface area contributed by atoms with Crippen molar-refractivity contribution in [2.24, 2.45) is 0 Å². The second-order valence-electron chi connectivity index (χ2n) is 6.70. The van der Waals surface area contributed by atoms with Gasteiger partial charge in [0.15, 0.2) is 0 Å². The molecule has 0 bridgehead atoms. The monoisotopic (exact) mass is 389 g/mol. The van der Waals surface area contributed by atoms with E-state index in [2.05, 4.69) is 20.8 Å². The van der Waals surface area contributed by atoms with Crippen molar-refractivity contribution in [2.75, 3.05) is 0 Å². The quantitative estimate of drug-likeness (QED) is 0.236. The average Bonchev–Trinajstić information content (AvgIpc) is 2.50. The molecule has 0 aromatic heterocycles. The third-order valence-corrected chi connectivity index (χ3v) is 10.8. The molecule has 0 rings (SSSR count). The molecule has 2 nitrogen and oxygen atoms in total. The molecule has 0 aliphatic heterocycles. The molecule has 0 aromatic rings. The third kappa shape index (κ3) is 27.2. The Kier molecular flexibility index (Phi) is 24.2. The van der Waals surface area contributed by atoms with E-state index in [0.29, 0.717) is 0 Å². The Hall–Kier alpha value is 0.0129. The van der Waals surface area contributed by atoms with Gasteiger partial charge in [-0.3, -0.25) is 4.79 Å². The summed E-state index contributed by atoms with van der Waals surface area (Å²) in [4.78, 5) is 9.00. The molecule has 0 atom stereocenters. The van der Waals surface area contributed by atoms with Crippen LogP contribution in [0.1, 0.15) is 105 Å². The van der Waals surface area contributed by atoms with Crippen molar-refractivity contribution in [3.8, 4) is 0 Å². The summed E-state index contributed by atoms with van der Waals surface area (Å²) in [5, 5.41) is 12.5. The summed E-state index contributed by atoms with van der Waals surface area (Å²) < 4.78 is 0. The SMILES string of the molecule is CC(=O)O.CCCCC[CH2][Ge]([CH2]CCCCC)[CH2]CCCCC. The van der Waals surface area contributed by atoms with Crippen LogP contribution in [0.5, 0.6) is 0 Å². The van der Waals surface area contributed by atoms with Crippen LogP contribution in [0.3, 0.4) is 0 Å². The molecule has 0 aliphatic rings. The molecule has 0 unspecified atom stereocenters. The van der Waals surface area contributed by atoms with E-state index in [-0.39, 0.29) is 0 Å². The Morgan fingerprint density at radius 1 is 0.652 bits per heavy atom. The number of carbonyl (C=O) groups is 1. The first kappa shape index (κ1) is 25.3. The maximum atomic E-state index is 9.00. The summed E-state index contributed by atoms with van der Waals surface area (Å²) in [6, 6.07) is 0. The summed E-state index contributed by atoms with van der Waals surface area (Å²) in [7, 11) is 0. The Morgan fingerprint density at radius 3 is 1.13 bits per heavy atom. The van der Waals surface area contributed by atoms with Crippen molar-refractivity contribution in [2.45, 2.75) is 121 Å². The second-order valence-corrected chi connectivity index (χ2v) is 13.0. The summed E-state index contributed by atoms with van der Waals surface area (Å²) in [6.45, 7) is 8.06. The number of unbranched alkanes of at least 4 members (excludes halogenated alkanes) is 9. The fourth-order valence-electron chi connectivity index (χ4n) is 2.78. The van der Waals surface area contributed by atoms with Crippen molar-refractivity contribution in [1.29, 1.82) is 0 Å². The van der Waals surface area contributed by atoms with Gasteiger partial charge in [0, 0.05) is 6.92 Å². The molecule has 0 saturated heterocycles. The zero-order valence-corrected chi connectivity index (χ0v) is 18.6. The molecule has 23 heavy (non-hydrogen) atoms. The van der Waals surface area contributed by atoms with Crippen molar-refractivity contribution in [1.82, 2.24) is 0 Å². The minimum atomic E-state index is -0.833. The van der Waals surface area contributed by atoms with Crippen molar-refractivity contribution >= 4 is 20.3 Å². The van der Waals surface area contributed by atoms with Gasteiger partial charge in [-0.1, -0.05) is 0 Å². The van der Waals surface area contributed by atoms with E-state index < -0.39 is 20.3 Å². The predicted octanol–water partition coefficient (Wildman–Crippen LogP) is 7.31. The second kappa shape index (κ2) is 22.0. The topological polar surface area (TPSA) is 37.3 Å². The van der Waals surface area contributed by atoms with Crippen LogP contribution in [0.2, 0.25) is 15.8 Å². The number of carboxylic acid groups (broad SMARTS) is 1. The fraction of sp³-hybridized carbons (Fsp3) is 0.950. The molecule has 0 aliphatic carbocycles. The van der Waals surface area contributed by atoms with Crippen LogP contribution in [0.25, 0.3) is 0 Å². The molecule has 0 spiro atoms. The van der Waals surface area contributed by atoms with Gasteiger partial charge in [0.2, 0.25) is 0 Å². The Labute approximate surface area is 150 Å². The van der Waals surface area contributed by atoms with Crippen LogP contribution in [0, 0.1) is 0 Å². The maximum absolute atomic E-state index is 9.00. The molecule has 0 heterocycles. The summed E-state index contributed by atoms with van der Waals surface area (Å²) in [6.07, 6.45) is 17.8. The van der Waals surface area contributed by atoms with E-state index in [1.165, 1.54) is 57.8 Å². The fourth-order valence-corrected chi connectivity index (χ4v) is 9.07. The number of hydrogen-bond donors (Lipinski definition) is 1. The van der Waals surface area contributed by atoms with Gasteiger partial charge in [-0.2, -0.15) is 0 Å². The standard InChI is InChI=1S/C18H39Ge.C2H4O2/c1-4-7-10-13-16-19(17-14-11-8-5-2)18-15-12-9-6-3;1-2(3)4/h4-18H2,1-3H3;1H3,(H,3,4). The first-order valence-electron chi connectivity index (χ1n) is 10.1. The zero-order chi connectivity index (χ0) is 17.8. The van der Waals surface area contributed by atoms with E-state index >= 15 is 0 Å². The minimum absolute atomic E-state index is 0.643. The molecule has 0 amide bonds. The Morgan fingerprint density at radius 2 is 0.913 bits per heavy atom. The van der Waals surface area contributed by atoms with E-state index in [0.717, 1.165) is 6.92 Å². The van der Waals surface area contributed by atoms with Gasteiger partial charge in [0.25, 0.3) is 5.97 Å². The number of rotatable bonds is 15. The number of aliphatic carboxylic acids is 1. The van der Waals surface area contributed by atoms with Crippen LogP contribution >= 0.6 is 0 Å². The van der Waals surface area contributed by atoms with Gasteiger partial charge in [0.05, 0.1) is 0 Å². The first-order chi connectivity index (χ1) is 11.1. The molecular formula is C20H43GeO2. The van der Waals surface area contributed by atoms with Crippen LogP contribution in [0.15, 0.2) is 0 Å². The molecule has 1 radical (unpaired) electrons. The van der Waals surface area contributed by atoms with Crippen molar-refractivity contribution in [3.05, 3.63) is 0 Å². The summed E-state index contributed by atoms with van der Waals surface area (Å²) >= 11 is -0.643. The molecule has 1 N–H and O–H groups in total. The Balaban J connectivity index is 0. The van der Waals surface area contributed by atoms with Gasteiger partial charge < -0.3 is 5.11 Å². The normalized spacial score (nSPS) is 10.5. The van der Waals surface area contributed by atoms with Gasteiger partial charge in [-0.15, -0.1) is 0 Å². The average molecular weight is 388 g/mol. The van der Waals surface area contributed by atoms with E-state index in [4.69, 9.17) is 9.90 Å². The van der Waals surface area contributed by atoms with Crippen LogP contribution in [-0.2, 0) is 4.79 Å². The van der Waals surface area contributed by atoms with Gasteiger partial charge in [-0.05, 0) is 0 Å². The molecule has 0 saturated carbocycles. The van der Waals surface area contributed by atoms with Crippen LogP contribution in [0.4, 0.5) is 0 Å². The van der Waals surface area contributed by atoms with Crippen LogP contribution in [-0.4, -0.2) is 25.4 Å². The molecular weight excluding hydrogens is 345 g/mol. The van der Waals surface area contributed by atoms with Crippen molar-refractivity contribution in [3.63, 3.8) is 0 Å².